The highest BCUT2D eigenvalue weighted by molar-refractivity contribution is 6.36. The lowest BCUT2D eigenvalue weighted by molar-refractivity contribution is 0.103. The second-order valence-corrected chi connectivity index (χ2v) is 5.36. The number of benzene rings is 2. The molecule has 108 valence electrons. The zero-order valence-corrected chi connectivity index (χ0v) is 12.4. The molecule has 0 atom stereocenters. The van der Waals surface area contributed by atoms with Crippen molar-refractivity contribution in [1.29, 1.82) is 0 Å². The molecule has 2 aromatic rings. The Morgan fingerprint density at radius 1 is 1.00 bits per heavy atom. The Hall–Kier alpha value is -1.91. The van der Waals surface area contributed by atoms with E-state index in [1.54, 1.807) is 24.3 Å². The van der Waals surface area contributed by atoms with E-state index in [-0.39, 0.29) is 5.78 Å². The smallest absolute Gasteiger partial charge is 0.194 e. The molecule has 2 N–H and O–H groups in total. The van der Waals surface area contributed by atoms with Gasteiger partial charge in [0.15, 0.2) is 17.3 Å². The van der Waals surface area contributed by atoms with Crippen LogP contribution in [0.4, 0.5) is 5.69 Å². The lowest BCUT2D eigenvalue weighted by Crippen LogP contribution is -2.16. The summed E-state index contributed by atoms with van der Waals surface area (Å²) < 4.78 is 10.9. The van der Waals surface area contributed by atoms with Crippen molar-refractivity contribution in [3.05, 3.63) is 51.5 Å². The van der Waals surface area contributed by atoms with Crippen LogP contribution in [0, 0.1) is 0 Å². The van der Waals surface area contributed by atoms with Gasteiger partial charge in [-0.25, -0.2) is 0 Å². The molecule has 0 unspecified atom stereocenters. The maximum absolute atomic E-state index is 12.5. The first-order valence-electron chi connectivity index (χ1n) is 6.25. The Bertz CT molecular complexity index is 731. The van der Waals surface area contributed by atoms with Crippen LogP contribution in [0.15, 0.2) is 30.3 Å². The van der Waals surface area contributed by atoms with Gasteiger partial charge in [0, 0.05) is 17.2 Å². The number of hydrogen-bond acceptors (Lipinski definition) is 4. The fraction of sp³-hybridized carbons (Fsp3) is 0.133. The summed E-state index contributed by atoms with van der Waals surface area (Å²) in [6, 6.07) is 7.89. The Kier molecular flexibility index (Phi) is 3.66. The van der Waals surface area contributed by atoms with Gasteiger partial charge >= 0.3 is 0 Å². The molecule has 2 aromatic carbocycles. The zero-order valence-electron chi connectivity index (χ0n) is 10.9. The quantitative estimate of drug-likeness (QED) is 0.677. The number of anilines is 1. The Balaban J connectivity index is 2.03. The molecule has 4 nitrogen and oxygen atoms in total. The van der Waals surface area contributed by atoms with Crippen molar-refractivity contribution in [3.63, 3.8) is 0 Å². The topological polar surface area (TPSA) is 61.6 Å². The maximum atomic E-state index is 12.5. The fourth-order valence-corrected chi connectivity index (χ4v) is 2.48. The largest absolute Gasteiger partial charge is 0.486 e. The number of nitrogens with two attached hydrogens (primary N) is 1. The van der Waals surface area contributed by atoms with E-state index in [1.165, 1.54) is 6.07 Å². The van der Waals surface area contributed by atoms with E-state index in [9.17, 15) is 4.79 Å². The van der Waals surface area contributed by atoms with E-state index in [0.29, 0.717) is 51.6 Å². The fourth-order valence-electron chi connectivity index (χ4n) is 2.06. The number of halogens is 2. The number of fused-ring (bicyclic) bond motifs is 1. The lowest BCUT2D eigenvalue weighted by atomic mass is 10.0. The summed E-state index contributed by atoms with van der Waals surface area (Å²) in [5.74, 6) is 0.799. The first-order chi connectivity index (χ1) is 10.1. The molecule has 0 radical (unpaired) electrons. The summed E-state index contributed by atoms with van der Waals surface area (Å²) >= 11 is 12.1. The lowest BCUT2D eigenvalue weighted by Gasteiger charge is -2.19. The highest BCUT2D eigenvalue weighted by Gasteiger charge is 2.20. The predicted octanol–water partition coefficient (Wildman–Crippen LogP) is 3.58. The SMILES string of the molecule is Nc1ccc(C(=O)c2cc3c(cc2Cl)OCCO3)cc1Cl. The Morgan fingerprint density at radius 2 is 1.67 bits per heavy atom. The summed E-state index contributed by atoms with van der Waals surface area (Å²) in [5.41, 5.74) is 6.81. The third-order valence-corrected chi connectivity index (χ3v) is 3.78. The minimum absolute atomic E-state index is 0.251. The summed E-state index contributed by atoms with van der Waals surface area (Å²) in [7, 11) is 0. The van der Waals surface area contributed by atoms with Crippen LogP contribution in [0.25, 0.3) is 0 Å². The van der Waals surface area contributed by atoms with E-state index in [1.807, 2.05) is 0 Å². The molecule has 0 saturated carbocycles. The normalized spacial score (nSPS) is 13.0. The molecule has 0 fully saturated rings. The molecule has 1 heterocycles. The summed E-state index contributed by atoms with van der Waals surface area (Å²) in [6.45, 7) is 0.903. The third-order valence-electron chi connectivity index (χ3n) is 3.14. The third kappa shape index (κ3) is 2.64. The van der Waals surface area contributed by atoms with Crippen molar-refractivity contribution in [3.8, 4) is 11.5 Å². The van der Waals surface area contributed by atoms with Crippen LogP contribution >= 0.6 is 23.2 Å². The molecule has 21 heavy (non-hydrogen) atoms. The number of ketones is 1. The first-order valence-corrected chi connectivity index (χ1v) is 7.01. The van der Waals surface area contributed by atoms with Crippen molar-refractivity contribution in [2.24, 2.45) is 0 Å². The molecule has 0 spiro atoms. The highest BCUT2D eigenvalue weighted by Crippen LogP contribution is 2.36. The molecule has 1 aliphatic rings. The van der Waals surface area contributed by atoms with Crippen molar-refractivity contribution < 1.29 is 14.3 Å². The molecule has 3 rings (SSSR count). The van der Waals surface area contributed by atoms with Crippen LogP contribution in [0.1, 0.15) is 15.9 Å². The number of nitrogen functional groups attached to an aromatic ring is 1. The minimum Gasteiger partial charge on any atom is -0.486 e. The van der Waals surface area contributed by atoms with Crippen LogP contribution in [0.2, 0.25) is 10.0 Å². The number of ether oxygens (including phenoxy) is 2. The Morgan fingerprint density at radius 3 is 2.33 bits per heavy atom. The number of carbonyl (C=O) groups is 1. The van der Waals surface area contributed by atoms with Gasteiger partial charge in [-0.05, 0) is 24.3 Å². The van der Waals surface area contributed by atoms with Gasteiger partial charge in [-0.1, -0.05) is 23.2 Å². The van der Waals surface area contributed by atoms with Crippen LogP contribution in [-0.2, 0) is 0 Å². The second kappa shape index (κ2) is 5.47. The Labute approximate surface area is 131 Å². The van der Waals surface area contributed by atoms with Crippen molar-refractivity contribution >= 4 is 34.7 Å². The van der Waals surface area contributed by atoms with E-state index >= 15 is 0 Å². The van der Waals surface area contributed by atoms with E-state index in [0.717, 1.165) is 0 Å². The van der Waals surface area contributed by atoms with Crippen molar-refractivity contribution in [1.82, 2.24) is 0 Å². The number of rotatable bonds is 2. The zero-order chi connectivity index (χ0) is 15.0. The summed E-state index contributed by atoms with van der Waals surface area (Å²) in [6.07, 6.45) is 0. The van der Waals surface area contributed by atoms with Crippen molar-refractivity contribution in [2.75, 3.05) is 18.9 Å². The van der Waals surface area contributed by atoms with E-state index in [2.05, 4.69) is 0 Å². The summed E-state index contributed by atoms with van der Waals surface area (Å²) in [4.78, 5) is 12.5. The van der Waals surface area contributed by atoms with Gasteiger partial charge < -0.3 is 15.2 Å². The van der Waals surface area contributed by atoms with Gasteiger partial charge in [-0.2, -0.15) is 0 Å². The minimum atomic E-state index is -0.251. The molecule has 0 aromatic heterocycles. The number of hydrogen-bond donors (Lipinski definition) is 1. The average molecular weight is 324 g/mol. The molecular weight excluding hydrogens is 313 g/mol. The molecule has 6 heteroatoms. The molecule has 0 saturated heterocycles. The van der Waals surface area contributed by atoms with Gasteiger partial charge in [0.1, 0.15) is 13.2 Å². The van der Waals surface area contributed by atoms with Gasteiger partial charge in [0.2, 0.25) is 0 Å². The van der Waals surface area contributed by atoms with Crippen LogP contribution in [0.3, 0.4) is 0 Å². The van der Waals surface area contributed by atoms with Crippen LogP contribution in [0.5, 0.6) is 11.5 Å². The maximum Gasteiger partial charge on any atom is 0.194 e. The molecule has 0 bridgehead atoms. The van der Waals surface area contributed by atoms with Crippen molar-refractivity contribution in [2.45, 2.75) is 0 Å². The second-order valence-electron chi connectivity index (χ2n) is 4.54. The van der Waals surface area contributed by atoms with Gasteiger partial charge in [0.05, 0.1) is 15.7 Å². The summed E-state index contributed by atoms with van der Waals surface area (Å²) in [5, 5.41) is 0.631. The standard InChI is InChI=1S/C15H11Cl2NO3/c16-10-7-14-13(20-3-4-21-14)6-9(10)15(19)8-1-2-12(18)11(17)5-8/h1-2,5-7H,3-4,18H2. The molecule has 1 aliphatic heterocycles. The molecule has 0 aliphatic carbocycles. The van der Waals surface area contributed by atoms with Gasteiger partial charge in [0.25, 0.3) is 0 Å². The highest BCUT2D eigenvalue weighted by atomic mass is 35.5. The molecular formula is C15H11Cl2NO3. The first kappa shape index (κ1) is 14.0. The predicted molar refractivity (Wildman–Crippen MR) is 81.7 cm³/mol. The van der Waals surface area contributed by atoms with Gasteiger partial charge in [-0.15, -0.1) is 0 Å². The van der Waals surface area contributed by atoms with Gasteiger partial charge in [-0.3, -0.25) is 4.79 Å². The van der Waals surface area contributed by atoms with E-state index in [4.69, 9.17) is 38.4 Å². The van der Waals surface area contributed by atoms with E-state index < -0.39 is 0 Å². The molecule has 0 amide bonds. The monoisotopic (exact) mass is 323 g/mol. The number of carbonyl (C=O) groups excluding carboxylic acids is 1. The van der Waals surface area contributed by atoms with Crippen LogP contribution < -0.4 is 15.2 Å². The average Bonchev–Trinajstić information content (AvgIpc) is 2.48. The van der Waals surface area contributed by atoms with Crippen LogP contribution in [-0.4, -0.2) is 19.0 Å².